The molecule has 3 aromatic rings. The minimum absolute atomic E-state index is 0.0143. The van der Waals surface area contributed by atoms with Gasteiger partial charge in [0.2, 0.25) is 0 Å². The van der Waals surface area contributed by atoms with Crippen LogP contribution in [0.2, 0.25) is 0 Å². The molecule has 168 valence electrons. The van der Waals surface area contributed by atoms with Gasteiger partial charge < -0.3 is 9.47 Å². The van der Waals surface area contributed by atoms with E-state index in [2.05, 4.69) is 0 Å². The minimum atomic E-state index is -0.0143. The quantitative estimate of drug-likeness (QED) is 0.461. The first-order valence-corrected chi connectivity index (χ1v) is 10.1. The number of hydrogen-bond donors (Lipinski definition) is 0. The van der Waals surface area contributed by atoms with Crippen molar-refractivity contribution < 1.29 is 23.9 Å². The van der Waals surface area contributed by atoms with Crippen LogP contribution in [0.4, 0.5) is 0 Å². The summed E-state index contributed by atoms with van der Waals surface area (Å²) in [6, 6.07) is 21.9. The summed E-state index contributed by atoms with van der Waals surface area (Å²) in [5, 5.41) is 0. The summed E-state index contributed by atoms with van der Waals surface area (Å²) < 4.78 is 10.0. The summed E-state index contributed by atoms with van der Waals surface area (Å²) in [5.41, 5.74) is 3.32. The van der Waals surface area contributed by atoms with Gasteiger partial charge in [0.25, 0.3) is 0 Å². The lowest BCUT2D eigenvalue weighted by atomic mass is 10.1. The Morgan fingerprint density at radius 2 is 1.16 bits per heavy atom. The highest BCUT2D eigenvalue weighted by Crippen LogP contribution is 2.24. The zero-order valence-electron chi connectivity index (χ0n) is 19.5. The molecule has 0 saturated carbocycles. The Kier molecular flexibility index (Phi) is 11.1. The second-order valence-electron chi connectivity index (χ2n) is 6.97. The summed E-state index contributed by atoms with van der Waals surface area (Å²) in [5.74, 6) is 1.46. The van der Waals surface area contributed by atoms with Crippen molar-refractivity contribution in [3.05, 3.63) is 95.1 Å². The van der Waals surface area contributed by atoms with Crippen LogP contribution in [0.1, 0.15) is 57.4 Å². The van der Waals surface area contributed by atoms with Crippen molar-refractivity contribution in [1.29, 1.82) is 0 Å². The number of rotatable bonds is 5. The molecule has 0 radical (unpaired) electrons. The number of aryl methyl sites for hydroxylation is 1. The van der Waals surface area contributed by atoms with E-state index in [0.29, 0.717) is 17.1 Å². The van der Waals surface area contributed by atoms with Gasteiger partial charge in [-0.2, -0.15) is 0 Å². The van der Waals surface area contributed by atoms with Crippen molar-refractivity contribution in [2.24, 2.45) is 0 Å². The van der Waals surface area contributed by atoms with Gasteiger partial charge in [0, 0.05) is 17.2 Å². The average Bonchev–Trinajstić information content (AvgIpc) is 2.80. The fourth-order valence-electron chi connectivity index (χ4n) is 2.55. The number of ether oxygens (including phenoxy) is 2. The van der Waals surface area contributed by atoms with Crippen LogP contribution in [0.15, 0.2) is 72.8 Å². The molecule has 0 aromatic heterocycles. The molecule has 0 spiro atoms. The maximum atomic E-state index is 11.1. The molecule has 0 heterocycles. The van der Waals surface area contributed by atoms with Crippen molar-refractivity contribution in [3.63, 3.8) is 0 Å². The zero-order chi connectivity index (χ0) is 24.1. The van der Waals surface area contributed by atoms with Crippen molar-refractivity contribution in [2.45, 2.75) is 27.7 Å². The molecular formula is C27H30O5. The van der Waals surface area contributed by atoms with E-state index in [1.165, 1.54) is 19.6 Å². The SMILES string of the molecule is CC(=O)c1ccc(C)cc1.CC(=O)c1ccccc1.COc1ccc(C(C)=O)c(OC)c1. The van der Waals surface area contributed by atoms with Gasteiger partial charge >= 0.3 is 0 Å². The zero-order valence-corrected chi connectivity index (χ0v) is 19.5. The lowest BCUT2D eigenvalue weighted by Crippen LogP contribution is -1.97. The van der Waals surface area contributed by atoms with Crippen LogP contribution in [0.3, 0.4) is 0 Å². The molecule has 0 saturated heterocycles. The molecule has 0 unspecified atom stereocenters. The lowest BCUT2D eigenvalue weighted by Gasteiger charge is -2.07. The number of methoxy groups -OCH3 is 2. The molecule has 0 bridgehead atoms. The van der Waals surface area contributed by atoms with Crippen molar-refractivity contribution in [3.8, 4) is 11.5 Å². The van der Waals surface area contributed by atoms with Gasteiger partial charge in [-0.25, -0.2) is 0 Å². The third-order valence-corrected chi connectivity index (χ3v) is 4.43. The van der Waals surface area contributed by atoms with Crippen LogP contribution >= 0.6 is 0 Å². The number of carbonyl (C=O) groups excluding carboxylic acids is 3. The van der Waals surface area contributed by atoms with Crippen LogP contribution in [0.25, 0.3) is 0 Å². The summed E-state index contributed by atoms with van der Waals surface area (Å²) in [7, 11) is 3.10. The fraction of sp³-hybridized carbons (Fsp3) is 0.222. The molecule has 0 aliphatic rings. The summed E-state index contributed by atoms with van der Waals surface area (Å²) >= 11 is 0. The Bertz CT molecular complexity index is 1020. The fourth-order valence-corrected chi connectivity index (χ4v) is 2.55. The van der Waals surface area contributed by atoms with E-state index < -0.39 is 0 Å². The van der Waals surface area contributed by atoms with Crippen LogP contribution in [0, 0.1) is 6.92 Å². The monoisotopic (exact) mass is 434 g/mol. The van der Waals surface area contributed by atoms with E-state index >= 15 is 0 Å². The number of ketones is 3. The molecule has 3 aromatic carbocycles. The second kappa shape index (κ2) is 13.5. The molecule has 32 heavy (non-hydrogen) atoms. The van der Waals surface area contributed by atoms with Crippen LogP contribution in [0.5, 0.6) is 11.5 Å². The maximum Gasteiger partial charge on any atom is 0.163 e. The third-order valence-electron chi connectivity index (χ3n) is 4.43. The number of hydrogen-bond acceptors (Lipinski definition) is 5. The topological polar surface area (TPSA) is 69.7 Å². The molecule has 3 rings (SSSR count). The van der Waals surface area contributed by atoms with Gasteiger partial charge in [0.15, 0.2) is 17.3 Å². The van der Waals surface area contributed by atoms with Gasteiger partial charge in [0.05, 0.1) is 19.8 Å². The van der Waals surface area contributed by atoms with Gasteiger partial charge in [0.1, 0.15) is 11.5 Å². The average molecular weight is 435 g/mol. The standard InChI is InChI=1S/C10H12O3.C9H10O.C8H8O/c1-7(11)9-5-4-8(12-2)6-10(9)13-3;1-7-3-5-9(6-4-7)8(2)10;1-7(9)8-5-3-2-4-6-8/h4-6H,1-3H3;3-6H,1-2H3;2-6H,1H3. The first kappa shape index (κ1) is 26.3. The van der Waals surface area contributed by atoms with Gasteiger partial charge in [-0.15, -0.1) is 0 Å². The Labute approximate surface area is 190 Å². The molecule has 5 nitrogen and oxygen atoms in total. The summed E-state index contributed by atoms with van der Waals surface area (Å²) in [6.07, 6.45) is 0. The van der Waals surface area contributed by atoms with Crippen LogP contribution in [-0.4, -0.2) is 31.6 Å². The summed E-state index contributed by atoms with van der Waals surface area (Å²) in [4.78, 5) is 32.5. The molecular weight excluding hydrogens is 404 g/mol. The molecule has 0 atom stereocenters. The maximum absolute atomic E-state index is 11.1. The van der Waals surface area contributed by atoms with E-state index in [9.17, 15) is 14.4 Å². The predicted molar refractivity (Wildman–Crippen MR) is 127 cm³/mol. The van der Waals surface area contributed by atoms with Crippen molar-refractivity contribution in [2.75, 3.05) is 14.2 Å². The van der Waals surface area contributed by atoms with Crippen molar-refractivity contribution >= 4 is 17.3 Å². The second-order valence-corrected chi connectivity index (χ2v) is 6.97. The predicted octanol–water partition coefficient (Wildman–Crippen LogP) is 5.99. The van der Waals surface area contributed by atoms with Gasteiger partial charge in [-0.05, 0) is 39.8 Å². The summed E-state index contributed by atoms with van der Waals surface area (Å²) in [6.45, 7) is 6.65. The van der Waals surface area contributed by atoms with E-state index in [1.54, 1.807) is 39.2 Å². The van der Waals surface area contributed by atoms with E-state index in [0.717, 1.165) is 11.1 Å². The van der Waals surface area contributed by atoms with Gasteiger partial charge in [-0.1, -0.05) is 60.2 Å². The number of Topliss-reactive ketones (excluding diaryl/α,β-unsaturated/α-hetero) is 3. The molecule has 5 heteroatoms. The molecule has 0 fully saturated rings. The molecule has 0 amide bonds. The molecule has 0 aliphatic carbocycles. The highest BCUT2D eigenvalue weighted by molar-refractivity contribution is 5.97. The van der Waals surface area contributed by atoms with E-state index in [4.69, 9.17) is 9.47 Å². The smallest absolute Gasteiger partial charge is 0.163 e. The van der Waals surface area contributed by atoms with Crippen LogP contribution < -0.4 is 9.47 Å². The van der Waals surface area contributed by atoms with Crippen molar-refractivity contribution in [1.82, 2.24) is 0 Å². The molecule has 0 aliphatic heterocycles. The lowest BCUT2D eigenvalue weighted by molar-refractivity contribution is 0.100. The first-order valence-electron chi connectivity index (χ1n) is 10.1. The number of carbonyl (C=O) groups is 3. The third kappa shape index (κ3) is 8.96. The first-order chi connectivity index (χ1) is 15.2. The number of benzene rings is 3. The normalized spacial score (nSPS) is 9.31. The van der Waals surface area contributed by atoms with E-state index in [-0.39, 0.29) is 17.3 Å². The van der Waals surface area contributed by atoms with Gasteiger partial charge in [-0.3, -0.25) is 14.4 Å². The largest absolute Gasteiger partial charge is 0.497 e. The Hall–Kier alpha value is -3.73. The molecule has 0 N–H and O–H groups in total. The highest BCUT2D eigenvalue weighted by atomic mass is 16.5. The van der Waals surface area contributed by atoms with Crippen LogP contribution in [-0.2, 0) is 0 Å². The highest BCUT2D eigenvalue weighted by Gasteiger charge is 2.08. The Morgan fingerprint density at radius 3 is 1.56 bits per heavy atom. The Balaban J connectivity index is 0.000000245. The Morgan fingerprint density at radius 1 is 0.625 bits per heavy atom. The van der Waals surface area contributed by atoms with E-state index in [1.807, 2.05) is 61.5 Å². The minimum Gasteiger partial charge on any atom is -0.497 e.